The average Bonchev–Trinajstić information content (AvgIpc) is 2.22. The zero-order chi connectivity index (χ0) is 15.3. The quantitative estimate of drug-likeness (QED) is 0.556. The highest BCUT2D eigenvalue weighted by atomic mass is 31.2. The van der Waals surface area contributed by atoms with Crippen molar-refractivity contribution in [2.24, 2.45) is 0 Å². The normalized spacial score (nSPS) is 13.4. The van der Waals surface area contributed by atoms with E-state index in [2.05, 4.69) is 13.6 Å². The minimum atomic E-state index is -5.27. The van der Waals surface area contributed by atoms with Crippen molar-refractivity contribution in [2.45, 2.75) is 25.7 Å². The third-order valence-corrected chi connectivity index (χ3v) is 2.59. The molecule has 0 saturated carbocycles. The molecule has 19 heavy (non-hydrogen) atoms. The van der Waals surface area contributed by atoms with Crippen molar-refractivity contribution in [1.29, 1.82) is 0 Å². The van der Waals surface area contributed by atoms with Crippen LogP contribution in [0.15, 0.2) is 0 Å². The van der Waals surface area contributed by atoms with E-state index in [9.17, 15) is 35.7 Å². The highest BCUT2D eigenvalue weighted by Crippen LogP contribution is 2.51. The van der Waals surface area contributed by atoms with E-state index in [1.165, 1.54) is 6.92 Å². The lowest BCUT2D eigenvalue weighted by Gasteiger charge is -2.18. The van der Waals surface area contributed by atoms with E-state index in [0.29, 0.717) is 0 Å². The molecule has 0 aliphatic heterocycles. The SMILES string of the molecule is CCC(=O)OP(=O)(OCC(F)(F)F)OCC(F)(F)F. The van der Waals surface area contributed by atoms with Crippen LogP contribution in [0.1, 0.15) is 13.3 Å². The second kappa shape index (κ2) is 6.58. The van der Waals surface area contributed by atoms with Crippen LogP contribution in [0.3, 0.4) is 0 Å². The van der Waals surface area contributed by atoms with Gasteiger partial charge in [-0.15, -0.1) is 0 Å². The summed E-state index contributed by atoms with van der Waals surface area (Å²) in [5.74, 6) is -1.33. The molecule has 0 aromatic heterocycles. The predicted octanol–water partition coefficient (Wildman–Crippen LogP) is 3.21. The Morgan fingerprint density at radius 1 is 1.00 bits per heavy atom. The fourth-order valence-corrected chi connectivity index (χ4v) is 1.75. The molecular formula is C7H9F6O5P. The number of carbonyl (C=O) groups is 1. The minimum absolute atomic E-state index is 0.436. The van der Waals surface area contributed by atoms with Gasteiger partial charge >= 0.3 is 26.1 Å². The highest BCUT2D eigenvalue weighted by molar-refractivity contribution is 7.49. The Morgan fingerprint density at radius 2 is 1.37 bits per heavy atom. The van der Waals surface area contributed by atoms with Crippen molar-refractivity contribution >= 4 is 13.8 Å². The fraction of sp³-hybridized carbons (Fsp3) is 0.857. The molecule has 0 rings (SSSR count). The molecule has 0 bridgehead atoms. The third-order valence-electron chi connectivity index (χ3n) is 1.27. The number of rotatable bonds is 6. The molecule has 0 aromatic carbocycles. The topological polar surface area (TPSA) is 61.8 Å². The van der Waals surface area contributed by atoms with Gasteiger partial charge in [-0.3, -0.25) is 13.8 Å². The van der Waals surface area contributed by atoms with Crippen molar-refractivity contribution in [3.8, 4) is 0 Å². The van der Waals surface area contributed by atoms with Gasteiger partial charge in [-0.2, -0.15) is 26.3 Å². The number of hydrogen-bond donors (Lipinski definition) is 0. The summed E-state index contributed by atoms with van der Waals surface area (Å²) >= 11 is 0. The zero-order valence-electron chi connectivity index (χ0n) is 9.38. The first-order valence-electron chi connectivity index (χ1n) is 4.62. The molecule has 0 N–H and O–H groups in total. The third kappa shape index (κ3) is 9.74. The Labute approximate surface area is 103 Å². The van der Waals surface area contributed by atoms with Crippen LogP contribution in [0.4, 0.5) is 26.3 Å². The van der Waals surface area contributed by atoms with Crippen LogP contribution in [0.5, 0.6) is 0 Å². The Balaban J connectivity index is 4.72. The number of alkyl halides is 6. The first-order valence-corrected chi connectivity index (χ1v) is 6.08. The molecule has 0 aromatic rings. The van der Waals surface area contributed by atoms with Gasteiger partial charge in [0.25, 0.3) is 0 Å². The molecule has 12 heteroatoms. The van der Waals surface area contributed by atoms with Crippen LogP contribution in [0.2, 0.25) is 0 Å². The van der Waals surface area contributed by atoms with Crippen LogP contribution in [-0.4, -0.2) is 31.5 Å². The molecule has 0 atom stereocenters. The molecule has 0 saturated heterocycles. The first kappa shape index (κ1) is 18.2. The maximum atomic E-state index is 11.8. The van der Waals surface area contributed by atoms with Crippen LogP contribution < -0.4 is 0 Å². The zero-order valence-corrected chi connectivity index (χ0v) is 10.3. The summed E-state index contributed by atoms with van der Waals surface area (Å²) in [5.41, 5.74) is 0. The van der Waals surface area contributed by atoms with Crippen LogP contribution in [0.25, 0.3) is 0 Å². The highest BCUT2D eigenvalue weighted by Gasteiger charge is 2.41. The van der Waals surface area contributed by atoms with E-state index >= 15 is 0 Å². The van der Waals surface area contributed by atoms with E-state index in [1.54, 1.807) is 0 Å². The minimum Gasteiger partial charge on any atom is -0.370 e. The summed E-state index contributed by atoms with van der Waals surface area (Å²) in [5, 5.41) is 0. The second-order valence-electron chi connectivity index (χ2n) is 3.04. The lowest BCUT2D eigenvalue weighted by molar-refractivity contribution is -0.172. The molecule has 0 fully saturated rings. The molecule has 0 radical (unpaired) electrons. The molecule has 5 nitrogen and oxygen atoms in total. The van der Waals surface area contributed by atoms with E-state index in [0.717, 1.165) is 0 Å². The van der Waals surface area contributed by atoms with Gasteiger partial charge in [-0.1, -0.05) is 6.92 Å². The van der Waals surface area contributed by atoms with Crippen molar-refractivity contribution in [3.63, 3.8) is 0 Å². The Morgan fingerprint density at radius 3 is 1.63 bits per heavy atom. The smallest absolute Gasteiger partial charge is 0.370 e. The lowest BCUT2D eigenvalue weighted by Crippen LogP contribution is -2.21. The van der Waals surface area contributed by atoms with Crippen LogP contribution >= 0.6 is 7.82 Å². The fourth-order valence-electron chi connectivity index (χ4n) is 0.584. The van der Waals surface area contributed by atoms with Crippen molar-refractivity contribution in [1.82, 2.24) is 0 Å². The van der Waals surface area contributed by atoms with Crippen LogP contribution in [0, 0.1) is 0 Å². The Kier molecular flexibility index (Phi) is 6.30. The molecule has 0 aliphatic rings. The van der Waals surface area contributed by atoms with Gasteiger partial charge in [0.15, 0.2) is 13.2 Å². The molecule has 0 aliphatic carbocycles. The molecule has 0 unspecified atom stereocenters. The van der Waals surface area contributed by atoms with Gasteiger partial charge in [-0.25, -0.2) is 4.57 Å². The second-order valence-corrected chi connectivity index (χ2v) is 4.63. The van der Waals surface area contributed by atoms with E-state index in [4.69, 9.17) is 0 Å². The van der Waals surface area contributed by atoms with Crippen molar-refractivity contribution < 1.29 is 49.3 Å². The maximum absolute atomic E-state index is 11.8. The molecule has 114 valence electrons. The largest absolute Gasteiger partial charge is 0.532 e. The van der Waals surface area contributed by atoms with Gasteiger partial charge in [-0.05, 0) is 0 Å². The van der Waals surface area contributed by atoms with Crippen LogP contribution in [-0.2, 0) is 22.9 Å². The summed E-state index contributed by atoms with van der Waals surface area (Å²) in [6.45, 7) is -3.18. The maximum Gasteiger partial charge on any atom is 0.532 e. The molecule has 0 heterocycles. The number of halogens is 6. The first-order chi connectivity index (χ1) is 8.37. The summed E-state index contributed by atoms with van der Waals surface area (Å²) < 4.78 is 93.4. The number of phosphoric ester groups is 1. The number of phosphoric acid groups is 1. The summed E-state index contributed by atoms with van der Waals surface area (Å²) in [4.78, 5) is 10.8. The van der Waals surface area contributed by atoms with E-state index < -0.39 is 45.8 Å². The van der Waals surface area contributed by atoms with Gasteiger partial charge in [0.2, 0.25) is 0 Å². The van der Waals surface area contributed by atoms with E-state index in [-0.39, 0.29) is 0 Å². The Bertz CT molecular complexity index is 329. The Hall–Kier alpha value is -0.800. The number of carbonyl (C=O) groups excluding carboxylic acids is 1. The molecular weight excluding hydrogens is 309 g/mol. The predicted molar refractivity (Wildman–Crippen MR) is 48.0 cm³/mol. The molecule has 0 spiro atoms. The monoisotopic (exact) mass is 318 g/mol. The van der Waals surface area contributed by atoms with Crippen molar-refractivity contribution in [2.75, 3.05) is 13.2 Å². The lowest BCUT2D eigenvalue weighted by atomic mass is 10.5. The summed E-state index contributed by atoms with van der Waals surface area (Å²) in [6.07, 6.45) is -10.4. The van der Waals surface area contributed by atoms with E-state index in [1.807, 2.05) is 0 Å². The average molecular weight is 318 g/mol. The van der Waals surface area contributed by atoms with Gasteiger partial charge < -0.3 is 4.52 Å². The summed E-state index contributed by atoms with van der Waals surface area (Å²) in [6, 6.07) is 0. The van der Waals surface area contributed by atoms with Gasteiger partial charge in [0, 0.05) is 6.42 Å². The van der Waals surface area contributed by atoms with Gasteiger partial charge in [0.1, 0.15) is 0 Å². The van der Waals surface area contributed by atoms with Gasteiger partial charge in [0.05, 0.1) is 0 Å². The summed E-state index contributed by atoms with van der Waals surface area (Å²) in [7, 11) is -5.27. The standard InChI is InChI=1S/C7H9F6O5P/c1-2-5(14)18-19(15,16-3-6(8,9)10)17-4-7(11,12)13/h2-4H2,1H3. The molecule has 0 amide bonds. The van der Waals surface area contributed by atoms with Crippen molar-refractivity contribution in [3.05, 3.63) is 0 Å². The number of hydrogen-bond acceptors (Lipinski definition) is 5.